The first-order valence-electron chi connectivity index (χ1n) is 18.4. The van der Waals surface area contributed by atoms with Crippen molar-refractivity contribution in [3.8, 4) is 0 Å². The van der Waals surface area contributed by atoms with Gasteiger partial charge in [-0.2, -0.15) is 0 Å². The number of hydrogen-bond donors (Lipinski definition) is 4. The predicted molar refractivity (Wildman–Crippen MR) is 204 cm³/mol. The fourth-order valence-electron chi connectivity index (χ4n) is 3.94. The van der Waals surface area contributed by atoms with Crippen molar-refractivity contribution in [3.63, 3.8) is 0 Å². The maximum absolute atomic E-state index is 11.6. The Labute approximate surface area is 326 Å². The number of ether oxygens (including phenoxy) is 6. The SMILES string of the molecule is C1CCOC1.C1CCOC1.C1CCOC1.COC(=O)c1ccc(C(=O)O)cc1.COC(=O)c1ccc(C(=O)OCCCCO)cc1.O.OCCCCO.[2H]B=O. The van der Waals surface area contributed by atoms with Gasteiger partial charge in [0.25, 0.3) is 0 Å². The number of carbonyl (C=O) groups is 4. The number of unbranched alkanes of at least 4 members (excludes halogenated alkanes) is 2. The summed E-state index contributed by atoms with van der Waals surface area (Å²) in [5.74, 6) is -2.38. The maximum atomic E-state index is 11.6. The Kier molecular flexibility index (Phi) is 39.6. The van der Waals surface area contributed by atoms with Crippen LogP contribution in [0.2, 0.25) is 0 Å². The molecule has 16 nitrogen and oxygen atoms in total. The molecular weight excluding hydrogens is 723 g/mol. The van der Waals surface area contributed by atoms with E-state index in [1.165, 1.54) is 101 Å². The number of benzene rings is 2. The van der Waals surface area contributed by atoms with E-state index in [1.54, 1.807) is 0 Å². The van der Waals surface area contributed by atoms with E-state index in [2.05, 4.69) is 9.47 Å². The standard InChI is InChI=1S/C13H16O5.C9H8O4.C4H10O2.3C4H8O.BHO.H2O/c1-17-12(15)10-4-6-11(7-5-10)13(16)18-9-3-2-8-14;1-13-9(12)7-4-2-6(3-5-7)8(10)11;5-3-1-2-4-6;3*1-2-4-5-3-1;1-2;/h4-7,14H,2-3,8-9H2,1H3;2-5H,1H3,(H,10,11);5-6H,1-4H2;3*1-4H2;1H;1H2/i;;;;;;1D;. The number of carboxylic acids is 1. The number of aromatic carboxylic acids is 1. The molecule has 2 aromatic rings. The second-order valence-corrected chi connectivity index (χ2v) is 11.1. The average Bonchev–Trinajstić information content (AvgIpc) is 4.07. The summed E-state index contributed by atoms with van der Waals surface area (Å²) in [4.78, 5) is 44.1. The molecular formula is C38H61BO16. The third-order valence-corrected chi connectivity index (χ3v) is 6.93. The molecule has 0 amide bonds. The molecule has 0 spiro atoms. The van der Waals surface area contributed by atoms with E-state index in [0.29, 0.717) is 29.5 Å². The van der Waals surface area contributed by atoms with Crippen molar-refractivity contribution in [2.24, 2.45) is 0 Å². The first-order chi connectivity index (χ1) is 26.7. The van der Waals surface area contributed by atoms with Crippen LogP contribution in [0.25, 0.3) is 0 Å². The Morgan fingerprint density at radius 3 is 1.09 bits per heavy atom. The molecule has 312 valence electrons. The van der Waals surface area contributed by atoms with Crippen LogP contribution in [0, 0.1) is 0 Å². The summed E-state index contributed by atoms with van der Waals surface area (Å²) in [6.45, 7) is 6.75. The molecule has 3 aliphatic heterocycles. The third-order valence-electron chi connectivity index (χ3n) is 6.93. The molecule has 17 heteroatoms. The number of carbonyl (C=O) groups excluding carboxylic acids is 3. The van der Waals surface area contributed by atoms with E-state index in [4.69, 9.17) is 45.4 Å². The minimum atomic E-state index is -1.02. The summed E-state index contributed by atoms with van der Waals surface area (Å²) < 4.78 is 42.8. The van der Waals surface area contributed by atoms with Crippen molar-refractivity contribution in [1.82, 2.24) is 0 Å². The van der Waals surface area contributed by atoms with E-state index < -0.39 is 23.9 Å². The number of carboxylic acid groups (broad SMARTS) is 1. The van der Waals surface area contributed by atoms with Crippen molar-refractivity contribution in [3.05, 3.63) is 70.8 Å². The van der Waals surface area contributed by atoms with Gasteiger partial charge in [0.05, 0.1) is 43.1 Å². The molecule has 6 N–H and O–H groups in total. The van der Waals surface area contributed by atoms with Crippen LogP contribution in [-0.2, 0) is 33.1 Å². The number of hydrogen-bond acceptors (Lipinski definition) is 14. The summed E-state index contributed by atoms with van der Waals surface area (Å²) in [5.41, 5.74) is 1.25. The van der Waals surface area contributed by atoms with Crippen LogP contribution >= 0.6 is 0 Å². The monoisotopic (exact) mass is 785 g/mol. The fourth-order valence-corrected chi connectivity index (χ4v) is 3.94. The number of methoxy groups -OCH3 is 2. The Hall–Kier alpha value is -4.10. The van der Waals surface area contributed by atoms with E-state index >= 15 is 0 Å². The van der Waals surface area contributed by atoms with Crippen molar-refractivity contribution in [2.75, 3.05) is 80.3 Å². The van der Waals surface area contributed by atoms with E-state index in [9.17, 15) is 19.2 Å². The van der Waals surface area contributed by atoms with E-state index in [0.717, 1.165) is 52.5 Å². The molecule has 55 heavy (non-hydrogen) atoms. The van der Waals surface area contributed by atoms with Crippen LogP contribution in [0.5, 0.6) is 0 Å². The Bertz CT molecular complexity index is 1190. The number of esters is 3. The van der Waals surface area contributed by atoms with Crippen LogP contribution in [0.3, 0.4) is 0 Å². The summed E-state index contributed by atoms with van der Waals surface area (Å²) in [7, 11) is 2.57. The van der Waals surface area contributed by atoms with Gasteiger partial charge in [0.1, 0.15) is 0 Å². The second kappa shape index (κ2) is 41.1. The Balaban J connectivity index is -0.000000640. The van der Waals surface area contributed by atoms with Crippen LogP contribution in [0.1, 0.15) is 106 Å². The van der Waals surface area contributed by atoms with Gasteiger partial charge in [-0.3, -0.25) is 0 Å². The van der Waals surface area contributed by atoms with Gasteiger partial charge in [-0.25, -0.2) is 19.2 Å². The van der Waals surface area contributed by atoms with Crippen LogP contribution in [-0.4, -0.2) is 139 Å². The first-order valence-corrected chi connectivity index (χ1v) is 17.8. The van der Waals surface area contributed by atoms with Gasteiger partial charge < -0.3 is 54.3 Å². The molecule has 5 rings (SSSR count). The molecule has 3 fully saturated rings. The van der Waals surface area contributed by atoms with Crippen LogP contribution in [0.4, 0.5) is 0 Å². The summed E-state index contributed by atoms with van der Waals surface area (Å²) in [6, 6.07) is 11.6. The first kappa shape index (κ1) is 53.0. The van der Waals surface area contributed by atoms with Gasteiger partial charge in [-0.15, -0.1) is 0 Å². The molecule has 0 radical (unpaired) electrons. The number of aliphatic hydroxyl groups excluding tert-OH is 3. The van der Waals surface area contributed by atoms with Crippen molar-refractivity contribution in [1.29, 1.82) is 1.34 Å². The van der Waals surface area contributed by atoms with Crippen LogP contribution < -0.4 is 0 Å². The average molecular weight is 786 g/mol. The Morgan fingerprint density at radius 1 is 0.582 bits per heavy atom. The van der Waals surface area contributed by atoms with Crippen LogP contribution in [0.15, 0.2) is 48.5 Å². The zero-order chi connectivity index (χ0) is 41.4. The molecule has 0 aliphatic carbocycles. The summed E-state index contributed by atoms with van der Waals surface area (Å²) in [5, 5.41) is 33.3. The molecule has 3 aliphatic rings. The van der Waals surface area contributed by atoms with Gasteiger partial charge in [-0.05, 0) is 113 Å². The van der Waals surface area contributed by atoms with E-state index in [-0.39, 0.29) is 45.1 Å². The Morgan fingerprint density at radius 2 is 0.855 bits per heavy atom. The van der Waals surface area contributed by atoms with Gasteiger partial charge in [-0.1, -0.05) is 0 Å². The molecule has 0 unspecified atom stereocenters. The summed E-state index contributed by atoms with van der Waals surface area (Å²) in [6.07, 6.45) is 10.3. The van der Waals surface area contributed by atoms with E-state index in [1.807, 2.05) is 0 Å². The normalized spacial score (nSPS) is 13.1. The van der Waals surface area contributed by atoms with Crippen molar-refractivity contribution in [2.45, 2.75) is 64.2 Å². The van der Waals surface area contributed by atoms with Crippen molar-refractivity contribution < 1.29 is 78.2 Å². The number of aliphatic hydroxyl groups is 3. The second-order valence-electron chi connectivity index (χ2n) is 11.1. The zero-order valence-corrected chi connectivity index (χ0v) is 32.1. The number of rotatable bonds is 11. The van der Waals surface area contributed by atoms with Gasteiger partial charge >= 0.3 is 37.6 Å². The topological polar surface area (TPSA) is 253 Å². The minimum absolute atomic E-state index is 0. The molecule has 0 bridgehead atoms. The van der Waals surface area contributed by atoms with Gasteiger partial charge in [0, 0.05) is 59.5 Å². The molecule has 2 aromatic carbocycles. The quantitative estimate of drug-likeness (QED) is 0.111. The predicted octanol–water partition coefficient (Wildman–Crippen LogP) is 3.12. The molecule has 0 aromatic heterocycles. The summed E-state index contributed by atoms with van der Waals surface area (Å²) >= 11 is 0. The third kappa shape index (κ3) is 31.9. The molecule has 3 saturated heterocycles. The zero-order valence-electron chi connectivity index (χ0n) is 33.1. The molecule has 3 heterocycles. The molecule has 0 saturated carbocycles. The molecule has 0 atom stereocenters. The van der Waals surface area contributed by atoms with Gasteiger partial charge in [0.15, 0.2) is 0 Å². The van der Waals surface area contributed by atoms with Gasteiger partial charge in [0.2, 0.25) is 0 Å². The fraction of sp³-hybridized carbons (Fsp3) is 0.579. The van der Waals surface area contributed by atoms with Crippen molar-refractivity contribution >= 4 is 31.6 Å².